The lowest BCUT2D eigenvalue weighted by molar-refractivity contribution is 0.161. The van der Waals surface area contributed by atoms with Gasteiger partial charge in [-0.2, -0.15) is 0 Å². The van der Waals surface area contributed by atoms with Gasteiger partial charge in [0.2, 0.25) is 0 Å². The lowest BCUT2D eigenvalue weighted by Crippen LogP contribution is -2.25. The maximum Gasteiger partial charge on any atom is 0.123 e. The normalized spacial score (nSPS) is 18.7. The van der Waals surface area contributed by atoms with Gasteiger partial charge in [-0.3, -0.25) is 0 Å². The topological polar surface area (TPSA) is 24.5 Å². The van der Waals surface area contributed by atoms with Gasteiger partial charge >= 0.3 is 0 Å². The van der Waals surface area contributed by atoms with E-state index in [9.17, 15) is 4.39 Å². The number of hydrogen-bond acceptors (Lipinski definition) is 3. The Morgan fingerprint density at radius 3 is 2.95 bits per heavy atom. The van der Waals surface area contributed by atoms with Crippen LogP contribution in [0.2, 0.25) is 0 Å². The van der Waals surface area contributed by atoms with Crippen LogP contribution < -0.4 is 10.2 Å². The second kappa shape index (κ2) is 7.76. The van der Waals surface area contributed by atoms with Crippen molar-refractivity contribution in [2.45, 2.75) is 26.8 Å². The summed E-state index contributed by atoms with van der Waals surface area (Å²) in [5.41, 5.74) is 2.21. The average Bonchev–Trinajstić information content (AvgIpc) is 2.87. The molecular formula is C17H27FN2O. The van der Waals surface area contributed by atoms with Crippen LogP contribution in [0.25, 0.3) is 0 Å². The average molecular weight is 294 g/mol. The van der Waals surface area contributed by atoms with Gasteiger partial charge in [0, 0.05) is 38.3 Å². The minimum absolute atomic E-state index is 0.160. The molecule has 0 spiro atoms. The first kappa shape index (κ1) is 16.2. The van der Waals surface area contributed by atoms with Crippen LogP contribution in [0, 0.1) is 17.7 Å². The van der Waals surface area contributed by atoms with Gasteiger partial charge in [0.1, 0.15) is 5.82 Å². The summed E-state index contributed by atoms with van der Waals surface area (Å²) in [6.45, 7) is 8.84. The molecule has 2 rings (SSSR count). The predicted octanol–water partition coefficient (Wildman–Crippen LogP) is 3.04. The summed E-state index contributed by atoms with van der Waals surface area (Å²) in [5.74, 6) is 1.02. The number of methoxy groups -OCH3 is 1. The molecule has 1 N–H and O–H groups in total. The Bertz CT molecular complexity index is 450. The summed E-state index contributed by atoms with van der Waals surface area (Å²) in [7, 11) is 1.75. The molecule has 4 heteroatoms. The monoisotopic (exact) mass is 294 g/mol. The van der Waals surface area contributed by atoms with E-state index in [1.54, 1.807) is 19.2 Å². The Morgan fingerprint density at radius 2 is 2.24 bits per heavy atom. The molecule has 0 radical (unpaired) electrons. The minimum Gasteiger partial charge on any atom is -0.384 e. The van der Waals surface area contributed by atoms with Crippen LogP contribution in [0.1, 0.15) is 25.8 Å². The van der Waals surface area contributed by atoms with Gasteiger partial charge in [-0.05, 0) is 42.6 Å². The fourth-order valence-corrected chi connectivity index (χ4v) is 2.92. The van der Waals surface area contributed by atoms with Gasteiger partial charge in [-0.1, -0.05) is 13.8 Å². The SMILES string of the molecule is COCC1CCN(c2ccc(F)cc2CNCC(C)C)C1. The molecule has 3 nitrogen and oxygen atoms in total. The first-order valence-corrected chi connectivity index (χ1v) is 7.83. The lowest BCUT2D eigenvalue weighted by Gasteiger charge is -2.23. The molecule has 1 aliphatic heterocycles. The zero-order valence-corrected chi connectivity index (χ0v) is 13.4. The lowest BCUT2D eigenvalue weighted by atomic mass is 10.1. The largest absolute Gasteiger partial charge is 0.384 e. The van der Waals surface area contributed by atoms with Gasteiger partial charge in [0.05, 0.1) is 6.61 Å². The molecule has 1 aliphatic rings. The maximum atomic E-state index is 13.6. The van der Waals surface area contributed by atoms with Crippen molar-refractivity contribution in [2.24, 2.45) is 11.8 Å². The highest BCUT2D eigenvalue weighted by molar-refractivity contribution is 5.54. The van der Waals surface area contributed by atoms with Crippen molar-refractivity contribution >= 4 is 5.69 Å². The van der Waals surface area contributed by atoms with Crippen LogP contribution in [0.4, 0.5) is 10.1 Å². The van der Waals surface area contributed by atoms with Crippen LogP contribution in [0.15, 0.2) is 18.2 Å². The van der Waals surface area contributed by atoms with Crippen molar-refractivity contribution in [2.75, 3.05) is 38.3 Å². The standard InChI is InChI=1S/C17H27FN2O/c1-13(2)9-19-10-15-8-16(18)4-5-17(15)20-7-6-14(11-20)12-21-3/h4-5,8,13-14,19H,6-7,9-12H2,1-3H3. The van der Waals surface area contributed by atoms with Gasteiger partial charge < -0.3 is 15.0 Å². The Morgan fingerprint density at radius 1 is 1.43 bits per heavy atom. The van der Waals surface area contributed by atoms with E-state index in [-0.39, 0.29) is 5.82 Å². The molecule has 1 aromatic carbocycles. The van der Waals surface area contributed by atoms with Crippen LogP contribution >= 0.6 is 0 Å². The molecular weight excluding hydrogens is 267 g/mol. The maximum absolute atomic E-state index is 13.6. The van der Waals surface area contributed by atoms with Crippen LogP contribution in [-0.4, -0.2) is 33.4 Å². The van der Waals surface area contributed by atoms with Gasteiger partial charge in [0.15, 0.2) is 0 Å². The van der Waals surface area contributed by atoms with E-state index >= 15 is 0 Å². The molecule has 21 heavy (non-hydrogen) atoms. The number of halogens is 1. The second-order valence-corrected chi connectivity index (χ2v) is 6.35. The van der Waals surface area contributed by atoms with E-state index in [4.69, 9.17) is 4.74 Å². The number of nitrogens with zero attached hydrogens (tertiary/aromatic N) is 1. The van der Waals surface area contributed by atoms with Crippen LogP contribution in [0.3, 0.4) is 0 Å². The molecule has 1 aromatic rings. The Balaban J connectivity index is 2.04. The molecule has 1 atom stereocenters. The molecule has 1 unspecified atom stereocenters. The smallest absolute Gasteiger partial charge is 0.123 e. The van der Waals surface area contributed by atoms with Gasteiger partial charge in [0.25, 0.3) is 0 Å². The van der Waals surface area contributed by atoms with Crippen molar-refractivity contribution in [1.29, 1.82) is 0 Å². The van der Waals surface area contributed by atoms with Crippen LogP contribution in [-0.2, 0) is 11.3 Å². The van der Waals surface area contributed by atoms with Crippen LogP contribution in [0.5, 0.6) is 0 Å². The van der Waals surface area contributed by atoms with Crippen molar-refractivity contribution < 1.29 is 9.13 Å². The van der Waals surface area contributed by atoms with E-state index in [0.717, 1.165) is 50.5 Å². The number of anilines is 1. The number of nitrogens with one attached hydrogen (secondary N) is 1. The van der Waals surface area contributed by atoms with E-state index in [2.05, 4.69) is 24.1 Å². The summed E-state index contributed by atoms with van der Waals surface area (Å²) in [6, 6.07) is 5.13. The predicted molar refractivity (Wildman–Crippen MR) is 85.1 cm³/mol. The highest BCUT2D eigenvalue weighted by atomic mass is 19.1. The third-order valence-corrected chi connectivity index (χ3v) is 3.94. The zero-order chi connectivity index (χ0) is 15.2. The number of rotatable bonds is 7. The Kier molecular flexibility index (Phi) is 6.00. The minimum atomic E-state index is -0.160. The number of ether oxygens (including phenoxy) is 1. The molecule has 0 aliphatic carbocycles. The Labute approximate surface area is 127 Å². The molecule has 1 saturated heterocycles. The second-order valence-electron chi connectivity index (χ2n) is 6.35. The Hall–Kier alpha value is -1.13. The highest BCUT2D eigenvalue weighted by Gasteiger charge is 2.24. The number of hydrogen-bond donors (Lipinski definition) is 1. The summed E-state index contributed by atoms with van der Waals surface area (Å²) in [4.78, 5) is 2.36. The summed E-state index contributed by atoms with van der Waals surface area (Å²) in [5, 5.41) is 3.41. The van der Waals surface area contributed by atoms with E-state index in [1.807, 2.05) is 6.07 Å². The summed E-state index contributed by atoms with van der Waals surface area (Å²) < 4.78 is 18.8. The van der Waals surface area contributed by atoms with Gasteiger partial charge in [-0.15, -0.1) is 0 Å². The third kappa shape index (κ3) is 4.68. The first-order chi connectivity index (χ1) is 10.1. The van der Waals surface area contributed by atoms with Crippen molar-refractivity contribution in [3.05, 3.63) is 29.6 Å². The highest BCUT2D eigenvalue weighted by Crippen LogP contribution is 2.28. The molecule has 0 amide bonds. The molecule has 1 heterocycles. The van der Waals surface area contributed by atoms with Crippen molar-refractivity contribution in [3.8, 4) is 0 Å². The quantitative estimate of drug-likeness (QED) is 0.836. The van der Waals surface area contributed by atoms with Crippen molar-refractivity contribution in [1.82, 2.24) is 5.32 Å². The summed E-state index contributed by atoms with van der Waals surface area (Å²) in [6.07, 6.45) is 1.14. The zero-order valence-electron chi connectivity index (χ0n) is 13.4. The molecule has 0 bridgehead atoms. The van der Waals surface area contributed by atoms with E-state index in [1.165, 1.54) is 0 Å². The fourth-order valence-electron chi connectivity index (χ4n) is 2.92. The van der Waals surface area contributed by atoms with Gasteiger partial charge in [-0.25, -0.2) is 4.39 Å². The van der Waals surface area contributed by atoms with Crippen molar-refractivity contribution in [3.63, 3.8) is 0 Å². The molecule has 0 saturated carbocycles. The molecule has 118 valence electrons. The first-order valence-electron chi connectivity index (χ1n) is 7.83. The molecule has 1 fully saturated rings. The van der Waals surface area contributed by atoms with E-state index < -0.39 is 0 Å². The summed E-state index contributed by atoms with van der Waals surface area (Å²) >= 11 is 0. The van der Waals surface area contributed by atoms with E-state index in [0.29, 0.717) is 11.8 Å². The number of benzene rings is 1. The molecule has 0 aromatic heterocycles. The fraction of sp³-hybridized carbons (Fsp3) is 0.647. The third-order valence-electron chi connectivity index (χ3n) is 3.94.